The Balaban J connectivity index is -0.00000000500. The van der Waals surface area contributed by atoms with E-state index < -0.39 is 0 Å². The second-order valence-electron chi connectivity index (χ2n) is 0. The molecule has 0 saturated heterocycles. The van der Waals surface area contributed by atoms with E-state index in [1.165, 1.54) is 0 Å². The van der Waals surface area contributed by atoms with Gasteiger partial charge in [-0.15, -0.1) is 0 Å². The van der Waals surface area contributed by atoms with Gasteiger partial charge < -0.3 is 14.0 Å². The number of rotatable bonds is 0. The average molecular weight is 215 g/mol. The van der Waals surface area contributed by atoms with Crippen LogP contribution >= 0.6 is 0 Å². The normalized spacial score (nSPS) is 1.00. The first kappa shape index (κ1) is 18.7. The van der Waals surface area contributed by atoms with E-state index in [0.29, 0.717) is 0 Å². The third kappa shape index (κ3) is 10.5. The van der Waals surface area contributed by atoms with Gasteiger partial charge in [0, 0.05) is 0 Å². The molecule has 0 nitrogen and oxygen atoms in total. The van der Waals surface area contributed by atoms with Crippen molar-refractivity contribution in [1.29, 1.82) is 0 Å². The van der Waals surface area contributed by atoms with Gasteiger partial charge in [0.15, 0.2) is 0 Å². The van der Waals surface area contributed by atoms with Crippen LogP contribution in [0.4, 0.5) is 0 Å². The van der Waals surface area contributed by atoms with Crippen molar-refractivity contribution in [2.75, 3.05) is 0 Å². The van der Waals surface area contributed by atoms with Crippen molar-refractivity contribution in [2.24, 2.45) is 0 Å². The molecule has 0 N–H and O–H groups in total. The largest absolute Gasteiger partial charge is 2.00 e. The fraction of sp³-hybridized carbons (Fsp3) is 0. The van der Waals surface area contributed by atoms with E-state index in [9.17, 15) is 0 Å². The van der Waals surface area contributed by atoms with E-state index >= 15 is 0 Å². The zero-order valence-electron chi connectivity index (χ0n) is 2.55. The molecule has 0 fully saturated rings. The zero-order valence-corrected chi connectivity index (χ0v) is 4.27. The van der Waals surface area contributed by atoms with Gasteiger partial charge in [0.2, 0.25) is 0 Å². The molecule has 0 aliphatic heterocycles. The standard InChI is InChI=1S/C2H3.CH3.Yb/c1-2;;/h1H,2H2;1H3;/q2*-1;+2. The maximum absolute atomic E-state index is 4.25. The Kier molecular flexibility index (Phi) is 133. The minimum atomic E-state index is 0. The summed E-state index contributed by atoms with van der Waals surface area (Å²) in [6.07, 6.45) is 0. The first-order valence-electron chi connectivity index (χ1n) is 0.408. The molecule has 0 heterocycles. The molecule has 0 unspecified atom stereocenters. The van der Waals surface area contributed by atoms with Crippen LogP contribution in [-0.4, -0.2) is 0 Å². The summed E-state index contributed by atoms with van der Waals surface area (Å²) in [7, 11) is 0. The van der Waals surface area contributed by atoms with Crippen LogP contribution in [0.3, 0.4) is 0 Å². The molecule has 0 aromatic rings. The van der Waals surface area contributed by atoms with Gasteiger partial charge in [-0.05, 0) is 0 Å². The minimum Gasteiger partial charge on any atom is -0.521 e. The molecular formula is C3H6Yb. The molecular weight excluding hydrogens is 209 g/mol. The predicted octanol–water partition coefficient (Wildman–Crippen LogP) is 1.06. The van der Waals surface area contributed by atoms with E-state index in [1.54, 1.807) is 0 Å². The molecule has 4 heavy (non-hydrogen) atoms. The van der Waals surface area contributed by atoms with E-state index in [2.05, 4.69) is 13.2 Å². The molecule has 32 valence electrons. The summed E-state index contributed by atoms with van der Waals surface area (Å²) in [6, 6.07) is 0. The molecule has 0 bridgehead atoms. The minimum absolute atomic E-state index is 0. The SMILES string of the molecule is [CH-]=C.[CH3-].[Yb+2]. The topological polar surface area (TPSA) is 0 Å². The van der Waals surface area contributed by atoms with Crippen molar-refractivity contribution in [3.05, 3.63) is 20.6 Å². The van der Waals surface area contributed by atoms with Crippen molar-refractivity contribution in [1.82, 2.24) is 0 Å². The molecule has 0 aromatic heterocycles. The molecule has 0 amide bonds. The van der Waals surface area contributed by atoms with Crippen LogP contribution in [0.25, 0.3) is 0 Å². The molecule has 0 aliphatic rings. The van der Waals surface area contributed by atoms with Gasteiger partial charge >= 0.3 is 46.9 Å². The molecule has 0 aliphatic carbocycles. The van der Waals surface area contributed by atoms with Crippen molar-refractivity contribution >= 4 is 0 Å². The van der Waals surface area contributed by atoms with Gasteiger partial charge in [0.1, 0.15) is 0 Å². The number of hydrogen-bond donors (Lipinski definition) is 0. The van der Waals surface area contributed by atoms with E-state index in [-0.39, 0.29) is 54.4 Å². The Labute approximate surface area is 66.5 Å². The maximum atomic E-state index is 4.25. The summed E-state index contributed by atoms with van der Waals surface area (Å²) in [6.45, 7) is 7.00. The van der Waals surface area contributed by atoms with Gasteiger partial charge in [0.05, 0.1) is 0 Å². The molecule has 0 spiro atoms. The smallest absolute Gasteiger partial charge is 0.521 e. The Morgan fingerprint density at radius 3 is 1.25 bits per heavy atom. The van der Waals surface area contributed by atoms with Gasteiger partial charge in [0.25, 0.3) is 0 Å². The first-order valence-corrected chi connectivity index (χ1v) is 0.408. The zero-order chi connectivity index (χ0) is 2.00. The van der Waals surface area contributed by atoms with Crippen LogP contribution in [0.5, 0.6) is 0 Å². The third-order valence-corrected chi connectivity index (χ3v) is 0. The third-order valence-electron chi connectivity index (χ3n) is 0. The van der Waals surface area contributed by atoms with Crippen LogP contribution in [0.15, 0.2) is 6.58 Å². The Hall–Kier alpha value is 1.26. The molecule has 0 rings (SSSR count). The van der Waals surface area contributed by atoms with Crippen LogP contribution in [-0.2, 0) is 0 Å². The predicted molar refractivity (Wildman–Crippen MR) is 16.3 cm³/mol. The molecule has 1 heteroatoms. The second kappa shape index (κ2) is 28.5. The molecule has 0 aromatic carbocycles. The Morgan fingerprint density at radius 1 is 1.25 bits per heavy atom. The summed E-state index contributed by atoms with van der Waals surface area (Å²) >= 11 is 0. The Bertz CT molecular complexity index is 3.25. The quantitative estimate of drug-likeness (QED) is 0.530. The molecule has 0 saturated carbocycles. The van der Waals surface area contributed by atoms with Crippen molar-refractivity contribution in [3.63, 3.8) is 0 Å². The van der Waals surface area contributed by atoms with E-state index in [0.717, 1.165) is 0 Å². The molecule has 0 radical (unpaired) electrons. The first-order chi connectivity index (χ1) is 1.00. The van der Waals surface area contributed by atoms with Crippen molar-refractivity contribution in [2.45, 2.75) is 0 Å². The second-order valence-corrected chi connectivity index (χ2v) is 0. The summed E-state index contributed by atoms with van der Waals surface area (Å²) in [5, 5.41) is 0. The molecule has 0 atom stereocenters. The van der Waals surface area contributed by atoms with Crippen molar-refractivity contribution in [3.8, 4) is 0 Å². The number of hydrogen-bond acceptors (Lipinski definition) is 0. The van der Waals surface area contributed by atoms with Gasteiger partial charge in [-0.25, -0.2) is 0 Å². The van der Waals surface area contributed by atoms with Crippen LogP contribution < -0.4 is 0 Å². The maximum Gasteiger partial charge on any atom is 2.00 e. The summed E-state index contributed by atoms with van der Waals surface area (Å²) in [4.78, 5) is 0. The van der Waals surface area contributed by atoms with Crippen LogP contribution in [0.2, 0.25) is 0 Å². The van der Waals surface area contributed by atoms with Crippen molar-refractivity contribution < 1.29 is 46.9 Å². The van der Waals surface area contributed by atoms with Gasteiger partial charge in [-0.2, -0.15) is 0 Å². The summed E-state index contributed by atoms with van der Waals surface area (Å²) < 4.78 is 0. The summed E-state index contributed by atoms with van der Waals surface area (Å²) in [5.74, 6) is 0. The van der Waals surface area contributed by atoms with Crippen LogP contribution in [0, 0.1) is 60.9 Å². The fourth-order valence-electron chi connectivity index (χ4n) is 0. The average Bonchev–Trinajstić information content (AvgIpc) is 1.00. The van der Waals surface area contributed by atoms with Crippen LogP contribution in [0.1, 0.15) is 0 Å². The van der Waals surface area contributed by atoms with Gasteiger partial charge in [-0.1, -0.05) is 0 Å². The van der Waals surface area contributed by atoms with E-state index in [1.807, 2.05) is 0 Å². The van der Waals surface area contributed by atoms with Gasteiger partial charge in [-0.3, -0.25) is 6.58 Å². The Morgan fingerprint density at radius 2 is 1.25 bits per heavy atom. The monoisotopic (exact) mass is 216 g/mol. The fourth-order valence-corrected chi connectivity index (χ4v) is 0. The van der Waals surface area contributed by atoms with E-state index in [4.69, 9.17) is 0 Å². The summed E-state index contributed by atoms with van der Waals surface area (Å²) in [5.41, 5.74) is 0.